The van der Waals surface area contributed by atoms with Gasteiger partial charge in [0.1, 0.15) is 0 Å². The molecule has 0 aromatic carbocycles. The maximum absolute atomic E-state index is 6.00. The fraction of sp³-hybridized carbons (Fsp3) is 0. The average Bonchev–Trinajstić information content (AvgIpc) is 1.00. The van der Waals surface area contributed by atoms with Crippen LogP contribution in [0.4, 0.5) is 9.41 Å². The minimum absolute atomic E-state index is 0. The molecule has 0 bridgehead atoms. The molecule has 0 aliphatic heterocycles. The Labute approximate surface area is 79.2 Å². The first-order valence-electron chi connectivity index (χ1n) is 0.200. The zero-order valence-electron chi connectivity index (χ0n) is 4.59. The Morgan fingerprint density at radius 3 is 0.667 bits per heavy atom. The summed E-state index contributed by atoms with van der Waals surface area (Å²) >= 11 is 0. The van der Waals surface area contributed by atoms with Crippen LogP contribution in [0.15, 0.2) is 0 Å². The summed E-state index contributed by atoms with van der Waals surface area (Å²) in [7, 11) is 0. The summed E-state index contributed by atoms with van der Waals surface area (Å²) in [5.74, 6) is 0. The third-order valence-corrected chi connectivity index (χ3v) is 0. The number of rotatable bonds is 0. The van der Waals surface area contributed by atoms with Crippen molar-refractivity contribution < 1.29 is 29.3 Å². The van der Waals surface area contributed by atoms with E-state index in [1.54, 1.807) is 0 Å². The summed E-state index contributed by atoms with van der Waals surface area (Å²) in [4.78, 5) is 0. The summed E-state index contributed by atoms with van der Waals surface area (Å²) in [6, 6.07) is 0. The summed E-state index contributed by atoms with van der Waals surface area (Å²) in [5, 5.41) is 12.0. The van der Waals surface area contributed by atoms with E-state index in [4.69, 9.17) is 10.5 Å². The maximum atomic E-state index is 6.00. The minimum Gasteiger partial charge on any atom is -1.00 e. The molecule has 9 heteroatoms. The molecule has 9 heavy (non-hydrogen) atoms. The first kappa shape index (κ1) is 231. The second kappa shape index (κ2) is 803. The fourth-order valence-electron chi connectivity index (χ4n) is 0. The Morgan fingerprint density at radius 2 is 0.667 bits per heavy atom. The van der Waals surface area contributed by atoms with Crippen molar-refractivity contribution in [3.63, 3.8) is 0 Å². The van der Waals surface area contributed by atoms with Crippen LogP contribution in [0.3, 0.4) is 0 Å². The van der Waals surface area contributed by atoms with Crippen LogP contribution in [0.1, 0.15) is 0 Å². The van der Waals surface area contributed by atoms with E-state index in [1.807, 2.05) is 0 Å². The standard InChI is InChI=1S/Ca.4FH.2H3N.H2O2/c;;;;;;;1-2/h;4*1H;2*1H3;1-2H/q+2;;;;;;;/p-2. The van der Waals surface area contributed by atoms with Gasteiger partial charge in [0.15, 0.2) is 0 Å². The predicted molar refractivity (Wildman–Crippen MR) is 26.1 cm³/mol. The van der Waals surface area contributed by atoms with Gasteiger partial charge in [-0.3, -0.25) is 19.9 Å². The van der Waals surface area contributed by atoms with E-state index in [9.17, 15) is 0 Å². The molecule has 0 unspecified atom stereocenters. The molecule has 0 heterocycles. The fourth-order valence-corrected chi connectivity index (χ4v) is 0. The van der Waals surface area contributed by atoms with Crippen LogP contribution in [0.25, 0.3) is 0 Å². The van der Waals surface area contributed by atoms with Gasteiger partial charge in [0.05, 0.1) is 0 Å². The predicted octanol–water partition coefficient (Wildman–Crippen LogP) is -5.73. The zero-order valence-corrected chi connectivity index (χ0v) is 6.80. The maximum Gasteiger partial charge on any atom is 2.00 e. The third-order valence-electron chi connectivity index (χ3n) is 0. The molecule has 62 valence electrons. The van der Waals surface area contributed by atoms with Gasteiger partial charge in [-0.25, -0.2) is 0 Å². The molecule has 4 nitrogen and oxygen atoms in total. The quantitative estimate of drug-likeness (QED) is 0.131. The largest absolute Gasteiger partial charge is 2.00 e. The van der Waals surface area contributed by atoms with Gasteiger partial charge in [0, 0.05) is 0 Å². The first-order chi connectivity index (χ1) is 1.00. The molecule has 0 aliphatic rings. The van der Waals surface area contributed by atoms with Crippen molar-refractivity contribution in [1.82, 2.24) is 12.3 Å². The molecule has 0 aromatic rings. The molecule has 0 radical (unpaired) electrons. The normalized spacial score (nSPS) is 0.667. The van der Waals surface area contributed by atoms with E-state index >= 15 is 0 Å². The van der Waals surface area contributed by atoms with Gasteiger partial charge < -0.3 is 21.7 Å². The van der Waals surface area contributed by atoms with Gasteiger partial charge in [-0.05, 0) is 0 Å². The zero-order chi connectivity index (χ0) is 2.00. The van der Waals surface area contributed by atoms with Crippen LogP contribution in [0, 0.1) is 0 Å². The van der Waals surface area contributed by atoms with Crippen LogP contribution in [0.2, 0.25) is 0 Å². The molecule has 0 spiro atoms. The third kappa shape index (κ3) is 610. The van der Waals surface area contributed by atoms with Crippen molar-refractivity contribution in [3.8, 4) is 0 Å². The average molecular weight is 186 g/mol. The van der Waals surface area contributed by atoms with Gasteiger partial charge in [0.25, 0.3) is 0 Å². The molecular formula is H10CaF4N2O2. The molecule has 8 N–H and O–H groups in total. The Kier molecular flexibility index (Phi) is 20600. The van der Waals surface area contributed by atoms with Crippen molar-refractivity contribution >= 4 is 37.7 Å². The van der Waals surface area contributed by atoms with Crippen LogP contribution in [0.5, 0.6) is 0 Å². The van der Waals surface area contributed by atoms with Crippen LogP contribution < -0.4 is 21.7 Å². The molecular weight excluding hydrogens is 176 g/mol. The van der Waals surface area contributed by atoms with E-state index in [2.05, 4.69) is 0 Å². The molecule has 0 atom stereocenters. The van der Waals surface area contributed by atoms with E-state index in [-0.39, 0.29) is 68.9 Å². The number of halogens is 4. The smallest absolute Gasteiger partial charge is 1.00 e. The Balaban J connectivity index is -0.000000000238. The topological polar surface area (TPSA) is 110 Å². The Bertz CT molecular complexity index is 16.5. The molecule has 0 saturated carbocycles. The summed E-state index contributed by atoms with van der Waals surface area (Å²) in [5.41, 5.74) is 0. The van der Waals surface area contributed by atoms with Gasteiger partial charge in [-0.15, -0.1) is 0 Å². The molecule has 0 rings (SSSR count). The van der Waals surface area contributed by atoms with Gasteiger partial charge in [0.2, 0.25) is 0 Å². The molecule has 0 aliphatic carbocycles. The first-order valence-corrected chi connectivity index (χ1v) is 0.200. The van der Waals surface area contributed by atoms with Crippen LogP contribution in [-0.4, -0.2) is 48.3 Å². The summed E-state index contributed by atoms with van der Waals surface area (Å²) in [6.07, 6.45) is 0. The summed E-state index contributed by atoms with van der Waals surface area (Å²) in [6.45, 7) is 0. The van der Waals surface area contributed by atoms with Crippen molar-refractivity contribution in [1.29, 1.82) is 0 Å². The van der Waals surface area contributed by atoms with Gasteiger partial charge in [-0.1, -0.05) is 0 Å². The Hall–Kier alpha value is 0.820. The van der Waals surface area contributed by atoms with Gasteiger partial charge in [-0.2, -0.15) is 0 Å². The molecule has 0 amide bonds. The van der Waals surface area contributed by atoms with Crippen LogP contribution >= 0.6 is 0 Å². The second-order valence-electron chi connectivity index (χ2n) is 0. The van der Waals surface area contributed by atoms with E-state index in [1.165, 1.54) is 0 Å². The minimum atomic E-state index is 0. The van der Waals surface area contributed by atoms with Crippen molar-refractivity contribution in [2.75, 3.05) is 0 Å². The van der Waals surface area contributed by atoms with Gasteiger partial charge >= 0.3 is 37.7 Å². The molecule has 0 fully saturated rings. The van der Waals surface area contributed by atoms with E-state index < -0.39 is 0 Å². The number of hydrogen-bond acceptors (Lipinski definition) is 4. The number of hydrogen-bond donors (Lipinski definition) is 4. The van der Waals surface area contributed by atoms with E-state index in [0.29, 0.717) is 0 Å². The van der Waals surface area contributed by atoms with E-state index in [0.717, 1.165) is 0 Å². The van der Waals surface area contributed by atoms with Crippen LogP contribution in [-0.2, 0) is 0 Å². The molecule has 0 saturated heterocycles. The molecule has 0 aromatic heterocycles. The monoisotopic (exact) mass is 186 g/mol. The van der Waals surface area contributed by atoms with Crippen molar-refractivity contribution in [2.45, 2.75) is 0 Å². The van der Waals surface area contributed by atoms with Crippen molar-refractivity contribution in [2.24, 2.45) is 0 Å². The SMILES string of the molecule is F.F.N.N.OO.[Ca+2].[F-].[F-]. The summed E-state index contributed by atoms with van der Waals surface area (Å²) < 4.78 is 0. The Morgan fingerprint density at radius 1 is 0.667 bits per heavy atom. The van der Waals surface area contributed by atoms with Crippen molar-refractivity contribution in [3.05, 3.63) is 0 Å². The second-order valence-corrected chi connectivity index (χ2v) is 0.